The molecular formula is C17H17I2NO3. The summed E-state index contributed by atoms with van der Waals surface area (Å²) in [6, 6.07) is 11.2. The summed E-state index contributed by atoms with van der Waals surface area (Å²) in [5.41, 5.74) is 1.33. The Hall–Kier alpha value is -1.03. The number of benzene rings is 2. The van der Waals surface area contributed by atoms with Gasteiger partial charge in [-0.3, -0.25) is 4.79 Å². The number of carbonyl (C=O) groups excluding carboxylic acids is 1. The highest BCUT2D eigenvalue weighted by Crippen LogP contribution is 2.34. The lowest BCUT2D eigenvalue weighted by Gasteiger charge is -2.14. The normalized spacial score (nSPS) is 10.3. The summed E-state index contributed by atoms with van der Waals surface area (Å²) in [6.45, 7) is 2.66. The van der Waals surface area contributed by atoms with E-state index in [1.165, 1.54) is 0 Å². The van der Waals surface area contributed by atoms with Crippen molar-refractivity contribution < 1.29 is 14.3 Å². The van der Waals surface area contributed by atoms with E-state index >= 15 is 0 Å². The van der Waals surface area contributed by atoms with Gasteiger partial charge in [0.05, 0.1) is 23.0 Å². The van der Waals surface area contributed by atoms with Crippen LogP contribution in [-0.4, -0.2) is 19.6 Å². The van der Waals surface area contributed by atoms with Crippen molar-refractivity contribution in [3.63, 3.8) is 0 Å². The van der Waals surface area contributed by atoms with Gasteiger partial charge in [0, 0.05) is 9.13 Å². The second-order valence-electron chi connectivity index (χ2n) is 4.77. The van der Waals surface area contributed by atoms with Gasteiger partial charge in [0.1, 0.15) is 0 Å². The maximum Gasteiger partial charge on any atom is 0.255 e. The van der Waals surface area contributed by atoms with Crippen LogP contribution >= 0.6 is 45.2 Å². The average molecular weight is 537 g/mol. The second kappa shape index (κ2) is 8.72. The maximum absolute atomic E-state index is 12.5. The predicted octanol–water partition coefficient (Wildman–Crippen LogP) is 4.95. The van der Waals surface area contributed by atoms with Crippen molar-refractivity contribution in [2.45, 2.75) is 13.3 Å². The van der Waals surface area contributed by atoms with Gasteiger partial charge in [-0.1, -0.05) is 19.1 Å². The fourth-order valence-electron chi connectivity index (χ4n) is 1.95. The molecule has 0 radical (unpaired) electrons. The van der Waals surface area contributed by atoms with E-state index in [0.717, 1.165) is 19.2 Å². The summed E-state index contributed by atoms with van der Waals surface area (Å²) in [5, 5.41) is 2.92. The number of para-hydroxylation sites is 1. The smallest absolute Gasteiger partial charge is 0.255 e. The Morgan fingerprint density at radius 2 is 1.91 bits per heavy atom. The summed E-state index contributed by atoms with van der Waals surface area (Å²) in [7, 11) is 1.58. The van der Waals surface area contributed by atoms with Gasteiger partial charge in [-0.2, -0.15) is 0 Å². The van der Waals surface area contributed by atoms with Crippen LogP contribution in [0.2, 0.25) is 0 Å². The lowest BCUT2D eigenvalue weighted by atomic mass is 10.2. The van der Waals surface area contributed by atoms with Gasteiger partial charge < -0.3 is 14.8 Å². The third kappa shape index (κ3) is 4.72. The number of methoxy groups -OCH3 is 1. The van der Waals surface area contributed by atoms with Crippen LogP contribution in [0.5, 0.6) is 11.5 Å². The zero-order valence-electron chi connectivity index (χ0n) is 12.9. The molecule has 0 aliphatic rings. The summed E-state index contributed by atoms with van der Waals surface area (Å²) in [5.74, 6) is 1.08. The number of amides is 1. The Kier molecular flexibility index (Phi) is 6.94. The number of nitrogens with one attached hydrogen (secondary N) is 1. The van der Waals surface area contributed by atoms with Crippen LogP contribution in [0.3, 0.4) is 0 Å². The number of rotatable bonds is 6. The molecule has 0 saturated carbocycles. The fraction of sp³-hybridized carbons (Fsp3) is 0.235. The minimum Gasteiger partial charge on any atom is -0.493 e. The molecule has 0 unspecified atom stereocenters. The van der Waals surface area contributed by atoms with Gasteiger partial charge in [0.15, 0.2) is 11.5 Å². The van der Waals surface area contributed by atoms with Crippen LogP contribution < -0.4 is 14.8 Å². The molecule has 2 aromatic carbocycles. The highest BCUT2D eigenvalue weighted by Gasteiger charge is 2.16. The van der Waals surface area contributed by atoms with Crippen LogP contribution in [0.1, 0.15) is 23.7 Å². The molecule has 122 valence electrons. The molecule has 0 bridgehead atoms. The maximum atomic E-state index is 12.5. The molecule has 0 atom stereocenters. The average Bonchev–Trinajstić information content (AvgIpc) is 2.55. The van der Waals surface area contributed by atoms with Crippen molar-refractivity contribution in [2.24, 2.45) is 0 Å². The Morgan fingerprint density at radius 1 is 1.17 bits per heavy atom. The quantitative estimate of drug-likeness (QED) is 0.532. The topological polar surface area (TPSA) is 47.6 Å². The number of hydrogen-bond acceptors (Lipinski definition) is 3. The molecule has 0 spiro atoms. The third-order valence-corrected chi connectivity index (χ3v) is 4.81. The summed E-state index contributed by atoms with van der Waals surface area (Å²) in [6.07, 6.45) is 0.911. The first-order valence-corrected chi connectivity index (χ1v) is 9.28. The molecule has 0 aliphatic heterocycles. The van der Waals surface area contributed by atoms with E-state index in [2.05, 4.69) is 50.5 Å². The van der Waals surface area contributed by atoms with Gasteiger partial charge >= 0.3 is 0 Å². The molecule has 6 heteroatoms. The standard InChI is InChI=1S/C17H17I2NO3/c1-3-8-23-16-13(19)9-11(10-15(16)22-2)17(21)20-14-7-5-4-6-12(14)18/h4-7,9-10H,3,8H2,1-2H3,(H,20,21). The lowest BCUT2D eigenvalue weighted by molar-refractivity contribution is 0.102. The van der Waals surface area contributed by atoms with E-state index in [1.807, 2.05) is 31.2 Å². The number of carbonyl (C=O) groups is 1. The number of hydrogen-bond donors (Lipinski definition) is 1. The number of anilines is 1. The van der Waals surface area contributed by atoms with E-state index in [-0.39, 0.29) is 5.91 Å². The van der Waals surface area contributed by atoms with Crippen LogP contribution in [0.15, 0.2) is 36.4 Å². The monoisotopic (exact) mass is 537 g/mol. The fourth-order valence-corrected chi connectivity index (χ4v) is 3.23. The van der Waals surface area contributed by atoms with Crippen LogP contribution in [-0.2, 0) is 0 Å². The van der Waals surface area contributed by atoms with Crippen LogP contribution in [0.25, 0.3) is 0 Å². The summed E-state index contributed by atoms with van der Waals surface area (Å²) < 4.78 is 12.9. The van der Waals surface area contributed by atoms with Crippen molar-refractivity contribution in [2.75, 3.05) is 19.0 Å². The zero-order chi connectivity index (χ0) is 16.8. The second-order valence-corrected chi connectivity index (χ2v) is 7.10. The first-order valence-electron chi connectivity index (χ1n) is 7.13. The largest absolute Gasteiger partial charge is 0.493 e. The Bertz CT molecular complexity index is 704. The van der Waals surface area contributed by atoms with E-state index in [9.17, 15) is 4.79 Å². The van der Waals surface area contributed by atoms with E-state index in [1.54, 1.807) is 19.2 Å². The Labute approximate surface area is 163 Å². The molecule has 4 nitrogen and oxygen atoms in total. The molecule has 2 aromatic rings. The first-order chi connectivity index (χ1) is 11.1. The summed E-state index contributed by atoms with van der Waals surface area (Å²) >= 11 is 4.35. The molecule has 0 aliphatic carbocycles. The van der Waals surface area contributed by atoms with Crippen molar-refractivity contribution in [3.05, 3.63) is 49.1 Å². The minimum atomic E-state index is -0.174. The van der Waals surface area contributed by atoms with Crippen LogP contribution in [0, 0.1) is 7.14 Å². The minimum absolute atomic E-state index is 0.174. The molecule has 0 fully saturated rings. The summed E-state index contributed by atoms with van der Waals surface area (Å²) in [4.78, 5) is 12.5. The molecule has 23 heavy (non-hydrogen) atoms. The van der Waals surface area contributed by atoms with Crippen molar-refractivity contribution in [1.29, 1.82) is 0 Å². The van der Waals surface area contributed by atoms with Gasteiger partial charge in [0.2, 0.25) is 0 Å². The first kappa shape index (κ1) is 18.3. The van der Waals surface area contributed by atoms with Gasteiger partial charge in [-0.25, -0.2) is 0 Å². The highest BCUT2D eigenvalue weighted by atomic mass is 127. The van der Waals surface area contributed by atoms with E-state index < -0.39 is 0 Å². The Balaban J connectivity index is 2.27. The third-order valence-electron chi connectivity index (χ3n) is 3.06. The van der Waals surface area contributed by atoms with Crippen molar-refractivity contribution >= 4 is 56.8 Å². The number of ether oxygens (including phenoxy) is 2. The predicted molar refractivity (Wildman–Crippen MR) is 109 cm³/mol. The van der Waals surface area contributed by atoms with E-state index in [4.69, 9.17) is 9.47 Å². The molecule has 1 N–H and O–H groups in total. The zero-order valence-corrected chi connectivity index (χ0v) is 17.2. The van der Waals surface area contributed by atoms with E-state index in [0.29, 0.717) is 23.7 Å². The highest BCUT2D eigenvalue weighted by molar-refractivity contribution is 14.1. The number of halogens is 2. The molecule has 0 saturated heterocycles. The van der Waals surface area contributed by atoms with Gasteiger partial charge in [-0.05, 0) is 75.9 Å². The molecule has 0 heterocycles. The molecular weight excluding hydrogens is 520 g/mol. The molecule has 1 amide bonds. The van der Waals surface area contributed by atoms with Gasteiger partial charge in [0.25, 0.3) is 5.91 Å². The van der Waals surface area contributed by atoms with Gasteiger partial charge in [-0.15, -0.1) is 0 Å². The molecule has 2 rings (SSSR count). The molecule has 0 aromatic heterocycles. The lowest BCUT2D eigenvalue weighted by Crippen LogP contribution is -2.13. The van der Waals surface area contributed by atoms with Crippen molar-refractivity contribution in [1.82, 2.24) is 0 Å². The Morgan fingerprint density at radius 3 is 2.57 bits per heavy atom. The van der Waals surface area contributed by atoms with Crippen LogP contribution in [0.4, 0.5) is 5.69 Å². The van der Waals surface area contributed by atoms with Crippen molar-refractivity contribution in [3.8, 4) is 11.5 Å². The SMILES string of the molecule is CCCOc1c(I)cc(C(=O)Nc2ccccc2I)cc1OC.